The summed E-state index contributed by atoms with van der Waals surface area (Å²) in [5.74, 6) is 0.932. The van der Waals surface area contributed by atoms with Gasteiger partial charge in [0.1, 0.15) is 5.75 Å². The molecule has 0 saturated carbocycles. The summed E-state index contributed by atoms with van der Waals surface area (Å²) in [6.45, 7) is 4.36. The first-order chi connectivity index (χ1) is 6.70. The number of aryl methyl sites for hydroxylation is 1. The molecule has 14 heavy (non-hydrogen) atoms. The molecule has 1 aromatic rings. The summed E-state index contributed by atoms with van der Waals surface area (Å²) in [6.07, 6.45) is 3.58. The fourth-order valence-corrected chi connectivity index (χ4v) is 2.32. The Balaban J connectivity index is 2.99. The van der Waals surface area contributed by atoms with Crippen LogP contribution in [0.15, 0.2) is 16.6 Å². The molecule has 0 radical (unpaired) electrons. The SMILES string of the molecule is CCCCc1c(C)ccc(OC)c1Br. The van der Waals surface area contributed by atoms with Gasteiger partial charge < -0.3 is 4.74 Å². The summed E-state index contributed by atoms with van der Waals surface area (Å²) >= 11 is 3.60. The van der Waals surface area contributed by atoms with Gasteiger partial charge in [-0.3, -0.25) is 0 Å². The maximum atomic E-state index is 5.27. The van der Waals surface area contributed by atoms with Crippen LogP contribution >= 0.6 is 15.9 Å². The van der Waals surface area contributed by atoms with Gasteiger partial charge in [0.25, 0.3) is 0 Å². The van der Waals surface area contributed by atoms with Crippen molar-refractivity contribution in [3.05, 3.63) is 27.7 Å². The molecule has 0 aromatic heterocycles. The first-order valence-corrected chi connectivity index (χ1v) is 5.82. The van der Waals surface area contributed by atoms with Crippen LogP contribution < -0.4 is 4.74 Å². The number of hydrogen-bond donors (Lipinski definition) is 0. The van der Waals surface area contributed by atoms with Crippen LogP contribution in [0.3, 0.4) is 0 Å². The highest BCUT2D eigenvalue weighted by Gasteiger charge is 2.08. The van der Waals surface area contributed by atoms with E-state index in [2.05, 4.69) is 35.8 Å². The zero-order valence-corrected chi connectivity index (χ0v) is 10.6. The van der Waals surface area contributed by atoms with E-state index in [-0.39, 0.29) is 0 Å². The maximum absolute atomic E-state index is 5.27. The summed E-state index contributed by atoms with van der Waals surface area (Å²) in [5, 5.41) is 0. The molecule has 0 spiro atoms. The topological polar surface area (TPSA) is 9.23 Å². The van der Waals surface area contributed by atoms with E-state index in [0.717, 1.165) is 16.6 Å². The fourth-order valence-electron chi connectivity index (χ4n) is 1.51. The predicted octanol–water partition coefficient (Wildman–Crippen LogP) is 4.11. The maximum Gasteiger partial charge on any atom is 0.133 e. The number of halogens is 1. The van der Waals surface area contributed by atoms with Gasteiger partial charge in [0.15, 0.2) is 0 Å². The number of hydrogen-bond acceptors (Lipinski definition) is 1. The smallest absolute Gasteiger partial charge is 0.133 e. The fraction of sp³-hybridized carbons (Fsp3) is 0.500. The molecular formula is C12H17BrO. The Labute approximate surface area is 94.6 Å². The van der Waals surface area contributed by atoms with Crippen LogP contribution in [0.1, 0.15) is 30.9 Å². The summed E-state index contributed by atoms with van der Waals surface area (Å²) < 4.78 is 6.39. The molecule has 0 bridgehead atoms. The monoisotopic (exact) mass is 256 g/mol. The van der Waals surface area contributed by atoms with Crippen molar-refractivity contribution in [3.8, 4) is 5.75 Å². The highest BCUT2D eigenvalue weighted by molar-refractivity contribution is 9.10. The third kappa shape index (κ3) is 2.50. The first-order valence-electron chi connectivity index (χ1n) is 5.02. The van der Waals surface area contributed by atoms with Crippen molar-refractivity contribution in [2.24, 2.45) is 0 Å². The van der Waals surface area contributed by atoms with Gasteiger partial charge in [0, 0.05) is 0 Å². The molecule has 0 unspecified atom stereocenters. The van der Waals surface area contributed by atoms with Crippen molar-refractivity contribution in [2.45, 2.75) is 33.1 Å². The first kappa shape index (κ1) is 11.6. The Hall–Kier alpha value is -0.500. The molecule has 0 heterocycles. The molecule has 0 N–H and O–H groups in total. The van der Waals surface area contributed by atoms with E-state index in [4.69, 9.17) is 4.74 Å². The summed E-state index contributed by atoms with van der Waals surface area (Å²) in [6, 6.07) is 4.13. The molecule has 0 fully saturated rings. The number of unbranched alkanes of at least 4 members (excludes halogenated alkanes) is 1. The van der Waals surface area contributed by atoms with Crippen LogP contribution in [0.25, 0.3) is 0 Å². The van der Waals surface area contributed by atoms with E-state index in [1.165, 1.54) is 24.0 Å². The number of methoxy groups -OCH3 is 1. The minimum Gasteiger partial charge on any atom is -0.496 e. The second-order valence-corrected chi connectivity index (χ2v) is 4.27. The van der Waals surface area contributed by atoms with Gasteiger partial charge in [-0.15, -0.1) is 0 Å². The lowest BCUT2D eigenvalue weighted by Crippen LogP contribution is -1.94. The lowest BCUT2D eigenvalue weighted by Gasteiger charge is -2.11. The van der Waals surface area contributed by atoms with Gasteiger partial charge in [-0.05, 0) is 52.9 Å². The second kappa shape index (κ2) is 5.40. The van der Waals surface area contributed by atoms with Crippen LogP contribution in [-0.4, -0.2) is 7.11 Å². The molecule has 1 rings (SSSR count). The van der Waals surface area contributed by atoms with Crippen molar-refractivity contribution in [1.29, 1.82) is 0 Å². The van der Waals surface area contributed by atoms with E-state index in [1.807, 2.05) is 6.07 Å². The molecule has 1 aromatic carbocycles. The third-order valence-corrected chi connectivity index (χ3v) is 3.31. The quantitative estimate of drug-likeness (QED) is 0.788. The van der Waals surface area contributed by atoms with E-state index in [9.17, 15) is 0 Å². The largest absolute Gasteiger partial charge is 0.496 e. The van der Waals surface area contributed by atoms with Gasteiger partial charge in [-0.2, -0.15) is 0 Å². The lowest BCUT2D eigenvalue weighted by atomic mass is 10.0. The van der Waals surface area contributed by atoms with Crippen LogP contribution in [0.5, 0.6) is 5.75 Å². The van der Waals surface area contributed by atoms with Crippen LogP contribution in [-0.2, 0) is 6.42 Å². The molecule has 0 aliphatic heterocycles. The highest BCUT2D eigenvalue weighted by atomic mass is 79.9. The zero-order chi connectivity index (χ0) is 10.6. The Morgan fingerprint density at radius 2 is 2.07 bits per heavy atom. The molecule has 0 aliphatic carbocycles. The average molecular weight is 257 g/mol. The Morgan fingerprint density at radius 1 is 1.36 bits per heavy atom. The summed E-state index contributed by atoms with van der Waals surface area (Å²) in [7, 11) is 1.71. The molecule has 78 valence electrons. The average Bonchev–Trinajstić information content (AvgIpc) is 2.18. The van der Waals surface area contributed by atoms with Crippen LogP contribution in [0, 0.1) is 6.92 Å². The van der Waals surface area contributed by atoms with E-state index in [0.29, 0.717) is 0 Å². The molecule has 0 aliphatic rings. The van der Waals surface area contributed by atoms with Crippen LogP contribution in [0.4, 0.5) is 0 Å². The number of ether oxygens (including phenoxy) is 1. The minimum atomic E-state index is 0.932. The van der Waals surface area contributed by atoms with Crippen molar-refractivity contribution in [1.82, 2.24) is 0 Å². The van der Waals surface area contributed by atoms with Gasteiger partial charge in [0.2, 0.25) is 0 Å². The number of benzene rings is 1. The highest BCUT2D eigenvalue weighted by Crippen LogP contribution is 2.31. The van der Waals surface area contributed by atoms with Gasteiger partial charge in [-0.25, -0.2) is 0 Å². The second-order valence-electron chi connectivity index (χ2n) is 3.48. The zero-order valence-electron chi connectivity index (χ0n) is 9.06. The van der Waals surface area contributed by atoms with E-state index < -0.39 is 0 Å². The van der Waals surface area contributed by atoms with Crippen molar-refractivity contribution in [3.63, 3.8) is 0 Å². The van der Waals surface area contributed by atoms with E-state index in [1.54, 1.807) is 7.11 Å². The van der Waals surface area contributed by atoms with E-state index >= 15 is 0 Å². The summed E-state index contributed by atoms with van der Waals surface area (Å²) in [4.78, 5) is 0. The van der Waals surface area contributed by atoms with Crippen molar-refractivity contribution < 1.29 is 4.74 Å². The van der Waals surface area contributed by atoms with Crippen molar-refractivity contribution >= 4 is 15.9 Å². The molecule has 0 saturated heterocycles. The Kier molecular flexibility index (Phi) is 4.46. The lowest BCUT2D eigenvalue weighted by molar-refractivity contribution is 0.411. The summed E-state index contributed by atoms with van der Waals surface area (Å²) in [5.41, 5.74) is 2.72. The van der Waals surface area contributed by atoms with Gasteiger partial charge >= 0.3 is 0 Å². The van der Waals surface area contributed by atoms with Gasteiger partial charge in [-0.1, -0.05) is 19.4 Å². The standard InChI is InChI=1S/C12H17BrO/c1-4-5-6-10-9(2)7-8-11(14-3)12(10)13/h7-8H,4-6H2,1-3H3. The van der Waals surface area contributed by atoms with Crippen molar-refractivity contribution in [2.75, 3.05) is 7.11 Å². The minimum absolute atomic E-state index is 0.932. The Morgan fingerprint density at radius 3 is 2.64 bits per heavy atom. The third-order valence-electron chi connectivity index (χ3n) is 2.44. The molecule has 2 heteroatoms. The number of rotatable bonds is 4. The molecule has 0 amide bonds. The molecule has 1 nitrogen and oxygen atoms in total. The molecule has 0 atom stereocenters. The normalized spacial score (nSPS) is 10.3. The Bertz CT molecular complexity index is 307. The van der Waals surface area contributed by atoms with Crippen LogP contribution in [0.2, 0.25) is 0 Å². The van der Waals surface area contributed by atoms with Gasteiger partial charge in [0.05, 0.1) is 11.6 Å². The predicted molar refractivity (Wildman–Crippen MR) is 64.0 cm³/mol. The molecular weight excluding hydrogens is 240 g/mol.